The van der Waals surface area contributed by atoms with Gasteiger partial charge >= 0.3 is 5.97 Å². The Balaban J connectivity index is 2.16. The molecular weight excluding hydrogens is 350 g/mol. The summed E-state index contributed by atoms with van der Waals surface area (Å²) in [6.45, 7) is 1.62. The van der Waals surface area contributed by atoms with Gasteiger partial charge in [-0.3, -0.25) is 4.79 Å². The SMILES string of the molecule is CCC(C(=O)NC(COC)C(=O)O)n1nnc(-c2ccc(Cl)cc2)n1. The minimum Gasteiger partial charge on any atom is -0.480 e. The number of carbonyl (C=O) groups excluding carboxylic acids is 1. The van der Waals surface area contributed by atoms with E-state index in [0.717, 1.165) is 0 Å². The number of methoxy groups -OCH3 is 1. The maximum Gasteiger partial charge on any atom is 0.328 e. The van der Waals surface area contributed by atoms with Crippen molar-refractivity contribution in [1.82, 2.24) is 25.5 Å². The molecule has 0 radical (unpaired) electrons. The molecule has 0 saturated carbocycles. The number of aromatic nitrogens is 4. The average Bonchev–Trinajstić information content (AvgIpc) is 3.05. The summed E-state index contributed by atoms with van der Waals surface area (Å²) in [4.78, 5) is 24.7. The van der Waals surface area contributed by atoms with E-state index < -0.39 is 24.0 Å². The number of nitrogens with one attached hydrogen (secondary N) is 1. The number of halogens is 1. The summed E-state index contributed by atoms with van der Waals surface area (Å²) >= 11 is 5.85. The number of carboxylic acids is 1. The van der Waals surface area contributed by atoms with Gasteiger partial charge in [0.2, 0.25) is 11.7 Å². The molecule has 2 aromatic rings. The number of amides is 1. The summed E-state index contributed by atoms with van der Waals surface area (Å²) in [6.07, 6.45) is 0.363. The van der Waals surface area contributed by atoms with Crippen LogP contribution in [-0.2, 0) is 14.3 Å². The number of hydrogen-bond acceptors (Lipinski definition) is 6. The number of carboxylic acid groups (broad SMARTS) is 1. The first-order valence-electron chi connectivity index (χ1n) is 7.53. The van der Waals surface area contributed by atoms with Gasteiger partial charge in [-0.05, 0) is 35.9 Å². The molecule has 0 aliphatic carbocycles. The average molecular weight is 368 g/mol. The highest BCUT2D eigenvalue weighted by Gasteiger charge is 2.27. The Morgan fingerprint density at radius 3 is 2.60 bits per heavy atom. The third-order valence-corrected chi connectivity index (χ3v) is 3.70. The van der Waals surface area contributed by atoms with Gasteiger partial charge in [-0.15, -0.1) is 10.2 Å². The van der Waals surface area contributed by atoms with Crippen LogP contribution in [0.25, 0.3) is 11.4 Å². The van der Waals surface area contributed by atoms with Gasteiger partial charge in [0.1, 0.15) is 0 Å². The van der Waals surface area contributed by atoms with Crippen molar-refractivity contribution in [1.29, 1.82) is 0 Å². The lowest BCUT2D eigenvalue weighted by Crippen LogP contribution is -2.46. The number of nitrogens with zero attached hydrogens (tertiary/aromatic N) is 4. The van der Waals surface area contributed by atoms with Gasteiger partial charge < -0.3 is 15.2 Å². The van der Waals surface area contributed by atoms with Crippen molar-refractivity contribution in [3.05, 3.63) is 29.3 Å². The van der Waals surface area contributed by atoms with E-state index in [9.17, 15) is 9.59 Å². The van der Waals surface area contributed by atoms with Gasteiger partial charge in [-0.2, -0.15) is 4.80 Å². The lowest BCUT2D eigenvalue weighted by Gasteiger charge is -2.17. The summed E-state index contributed by atoms with van der Waals surface area (Å²) in [6, 6.07) is 4.94. The highest BCUT2D eigenvalue weighted by atomic mass is 35.5. The molecule has 9 nitrogen and oxygen atoms in total. The zero-order chi connectivity index (χ0) is 18.4. The Kier molecular flexibility index (Phi) is 6.43. The van der Waals surface area contributed by atoms with E-state index in [1.54, 1.807) is 31.2 Å². The van der Waals surface area contributed by atoms with Crippen molar-refractivity contribution >= 4 is 23.5 Å². The molecule has 1 amide bonds. The van der Waals surface area contributed by atoms with Gasteiger partial charge in [-0.1, -0.05) is 18.5 Å². The molecule has 2 N–H and O–H groups in total. The lowest BCUT2D eigenvalue weighted by molar-refractivity contribution is -0.144. The minimum absolute atomic E-state index is 0.141. The largest absolute Gasteiger partial charge is 0.480 e. The van der Waals surface area contributed by atoms with E-state index in [4.69, 9.17) is 21.4 Å². The standard InChI is InChI=1S/C15H18ClN5O4/c1-3-12(14(22)17-11(8-25-2)15(23)24)21-19-13(18-20-21)9-4-6-10(16)7-5-9/h4-7,11-12H,3,8H2,1-2H3,(H,17,22)(H,23,24). The van der Waals surface area contributed by atoms with Gasteiger partial charge in [0.15, 0.2) is 12.1 Å². The van der Waals surface area contributed by atoms with E-state index >= 15 is 0 Å². The van der Waals surface area contributed by atoms with E-state index in [2.05, 4.69) is 20.7 Å². The number of tetrazole rings is 1. The normalized spacial score (nSPS) is 13.2. The van der Waals surface area contributed by atoms with Crippen LogP contribution in [0.2, 0.25) is 5.02 Å². The molecule has 0 spiro atoms. The Bertz CT molecular complexity index is 734. The van der Waals surface area contributed by atoms with Crippen LogP contribution in [0.15, 0.2) is 24.3 Å². The van der Waals surface area contributed by atoms with Gasteiger partial charge in [0.05, 0.1) is 6.61 Å². The fourth-order valence-electron chi connectivity index (χ4n) is 2.13. The first-order chi connectivity index (χ1) is 12.0. The predicted molar refractivity (Wildman–Crippen MR) is 89.0 cm³/mol. The van der Waals surface area contributed by atoms with Crippen LogP contribution in [0.5, 0.6) is 0 Å². The fourth-order valence-corrected chi connectivity index (χ4v) is 2.26. The summed E-state index contributed by atoms with van der Waals surface area (Å²) in [5.41, 5.74) is 0.703. The molecule has 0 bridgehead atoms. The fraction of sp³-hybridized carbons (Fsp3) is 0.400. The summed E-state index contributed by atoms with van der Waals surface area (Å²) in [5.74, 6) is -1.36. The highest BCUT2D eigenvalue weighted by Crippen LogP contribution is 2.18. The zero-order valence-corrected chi connectivity index (χ0v) is 14.5. The maximum atomic E-state index is 12.4. The summed E-state index contributed by atoms with van der Waals surface area (Å²) < 4.78 is 4.80. The molecule has 2 unspecified atom stereocenters. The summed E-state index contributed by atoms with van der Waals surface area (Å²) in [5, 5.41) is 24.2. The van der Waals surface area contributed by atoms with Crippen LogP contribution in [0.4, 0.5) is 0 Å². The van der Waals surface area contributed by atoms with Gasteiger partial charge in [0, 0.05) is 17.7 Å². The van der Waals surface area contributed by atoms with Crippen molar-refractivity contribution in [3.8, 4) is 11.4 Å². The molecule has 0 aliphatic heterocycles. The third kappa shape index (κ3) is 4.74. The molecule has 10 heteroatoms. The smallest absolute Gasteiger partial charge is 0.328 e. The van der Waals surface area contributed by atoms with Crippen LogP contribution in [-0.4, -0.2) is 56.9 Å². The maximum absolute atomic E-state index is 12.4. The lowest BCUT2D eigenvalue weighted by atomic mass is 10.2. The second-order valence-electron chi connectivity index (χ2n) is 5.22. The molecule has 134 valence electrons. The second-order valence-corrected chi connectivity index (χ2v) is 5.66. The molecule has 0 saturated heterocycles. The second kappa shape index (κ2) is 8.54. The van der Waals surface area contributed by atoms with E-state index in [-0.39, 0.29) is 6.61 Å². The molecular formula is C15H18ClN5O4. The molecule has 1 aromatic heterocycles. The Hall–Kier alpha value is -2.52. The van der Waals surface area contributed by atoms with Crippen LogP contribution in [0.3, 0.4) is 0 Å². The Morgan fingerprint density at radius 2 is 2.04 bits per heavy atom. The number of carbonyl (C=O) groups is 2. The van der Waals surface area contributed by atoms with Crippen LogP contribution in [0.1, 0.15) is 19.4 Å². The van der Waals surface area contributed by atoms with Crippen molar-refractivity contribution in [3.63, 3.8) is 0 Å². The van der Waals surface area contributed by atoms with Crippen LogP contribution < -0.4 is 5.32 Å². The molecule has 2 rings (SSSR count). The molecule has 1 heterocycles. The Morgan fingerprint density at radius 1 is 1.36 bits per heavy atom. The third-order valence-electron chi connectivity index (χ3n) is 3.45. The first-order valence-corrected chi connectivity index (χ1v) is 7.91. The molecule has 1 aromatic carbocycles. The molecule has 0 fully saturated rings. The first kappa shape index (κ1) is 18.8. The predicted octanol–water partition coefficient (Wildman–Crippen LogP) is 1.16. The van der Waals surface area contributed by atoms with Crippen molar-refractivity contribution in [2.75, 3.05) is 13.7 Å². The number of ether oxygens (including phenoxy) is 1. The van der Waals surface area contributed by atoms with Crippen molar-refractivity contribution in [2.24, 2.45) is 0 Å². The Labute approximate surface area is 148 Å². The van der Waals surface area contributed by atoms with E-state index in [1.807, 2.05) is 0 Å². The topological polar surface area (TPSA) is 119 Å². The van der Waals surface area contributed by atoms with Crippen LogP contribution >= 0.6 is 11.6 Å². The zero-order valence-electron chi connectivity index (χ0n) is 13.7. The van der Waals surface area contributed by atoms with Crippen molar-refractivity contribution in [2.45, 2.75) is 25.4 Å². The molecule has 0 aliphatic rings. The highest BCUT2D eigenvalue weighted by molar-refractivity contribution is 6.30. The quantitative estimate of drug-likeness (QED) is 0.718. The number of hydrogen-bond donors (Lipinski definition) is 2. The van der Waals surface area contributed by atoms with Crippen molar-refractivity contribution < 1.29 is 19.4 Å². The number of aliphatic carboxylic acids is 1. The number of rotatable bonds is 8. The summed E-state index contributed by atoms with van der Waals surface area (Å²) in [7, 11) is 1.36. The van der Waals surface area contributed by atoms with E-state index in [0.29, 0.717) is 22.8 Å². The van der Waals surface area contributed by atoms with Crippen LogP contribution in [0, 0.1) is 0 Å². The number of benzene rings is 1. The van der Waals surface area contributed by atoms with Gasteiger partial charge in [-0.25, -0.2) is 4.79 Å². The minimum atomic E-state index is -1.18. The van der Waals surface area contributed by atoms with Gasteiger partial charge in [0.25, 0.3) is 0 Å². The molecule has 25 heavy (non-hydrogen) atoms. The molecule has 2 atom stereocenters. The van der Waals surface area contributed by atoms with E-state index in [1.165, 1.54) is 11.9 Å². The monoisotopic (exact) mass is 367 g/mol.